The van der Waals surface area contributed by atoms with E-state index in [0.717, 1.165) is 57.8 Å². The van der Waals surface area contributed by atoms with Gasteiger partial charge in [0.05, 0.1) is 6.61 Å². The summed E-state index contributed by atoms with van der Waals surface area (Å²) in [5.41, 5.74) is 0. The molecule has 1 rings (SSSR count). The molecule has 0 aromatic heterocycles. The van der Waals surface area contributed by atoms with Crippen molar-refractivity contribution in [2.75, 3.05) is 13.2 Å². The Morgan fingerprint density at radius 1 is 0.469 bits per heavy atom. The average Bonchev–Trinajstić information content (AvgIpc) is 3.28. The summed E-state index contributed by atoms with van der Waals surface area (Å²) in [6.45, 7) is 3.32. The molecule has 1 saturated carbocycles. The highest BCUT2D eigenvalue weighted by molar-refractivity contribution is 7.47. The second kappa shape index (κ2) is 40.6. The van der Waals surface area contributed by atoms with E-state index < -0.39 is 75.7 Å². The molecule has 0 spiro atoms. The van der Waals surface area contributed by atoms with Gasteiger partial charge in [-0.25, -0.2) is 4.57 Å². The van der Waals surface area contributed by atoms with Crippen molar-refractivity contribution in [3.8, 4) is 0 Å². The molecule has 13 nitrogen and oxygen atoms in total. The second-order valence-corrected chi connectivity index (χ2v) is 19.8. The maximum Gasteiger partial charge on any atom is 0.472 e. The van der Waals surface area contributed by atoms with Gasteiger partial charge in [-0.1, -0.05) is 199 Å². The third-order valence-electron chi connectivity index (χ3n) is 12.4. The van der Waals surface area contributed by atoms with Gasteiger partial charge in [0.2, 0.25) is 0 Å². The number of phosphoric acid groups is 1. The molecule has 0 aromatic carbocycles. The molecule has 0 aliphatic heterocycles. The van der Waals surface area contributed by atoms with Crippen molar-refractivity contribution in [2.45, 2.75) is 281 Å². The van der Waals surface area contributed by atoms with Crippen LogP contribution in [-0.2, 0) is 32.7 Å². The van der Waals surface area contributed by atoms with Gasteiger partial charge in [-0.15, -0.1) is 0 Å². The molecule has 6 atom stereocenters. The first-order valence-electron chi connectivity index (χ1n) is 26.0. The zero-order valence-corrected chi connectivity index (χ0v) is 41.2. The van der Waals surface area contributed by atoms with Gasteiger partial charge in [0.15, 0.2) is 6.10 Å². The molecule has 0 radical (unpaired) electrons. The molecular weight excluding hydrogens is 840 g/mol. The SMILES string of the molecule is CCCCCCC/C=C\CCCCCCCC(=O)OC(COC(=O)CCCCCCCCCCCCCCCCCCCCCCC)COP(=O)(O)OC1C(O)C(O)C(O)C(O)C1O. The fraction of sp³-hybridized carbons (Fsp3) is 0.920. The lowest BCUT2D eigenvalue weighted by atomic mass is 9.85. The zero-order chi connectivity index (χ0) is 47.1. The van der Waals surface area contributed by atoms with E-state index in [1.54, 1.807) is 0 Å². The van der Waals surface area contributed by atoms with E-state index in [2.05, 4.69) is 26.0 Å². The minimum Gasteiger partial charge on any atom is -0.462 e. The molecule has 0 bridgehead atoms. The maximum absolute atomic E-state index is 12.8. The van der Waals surface area contributed by atoms with Crippen LogP contribution in [0.3, 0.4) is 0 Å². The van der Waals surface area contributed by atoms with Crippen molar-refractivity contribution in [3.63, 3.8) is 0 Å². The molecule has 0 amide bonds. The minimum absolute atomic E-state index is 0.0909. The summed E-state index contributed by atoms with van der Waals surface area (Å²) in [4.78, 5) is 35.8. The van der Waals surface area contributed by atoms with Crippen molar-refractivity contribution >= 4 is 19.8 Å². The first-order valence-corrected chi connectivity index (χ1v) is 27.5. The molecule has 0 heterocycles. The summed E-state index contributed by atoms with van der Waals surface area (Å²) in [7, 11) is -5.12. The lowest BCUT2D eigenvalue weighted by molar-refractivity contribution is -0.220. The summed E-state index contributed by atoms with van der Waals surface area (Å²) in [5, 5.41) is 50.2. The first kappa shape index (κ1) is 60.6. The zero-order valence-electron chi connectivity index (χ0n) is 40.3. The number of unbranched alkanes of at least 4 members (excludes halogenated alkanes) is 30. The summed E-state index contributed by atoms with van der Waals surface area (Å²) in [6, 6.07) is 0. The van der Waals surface area contributed by atoms with E-state index >= 15 is 0 Å². The lowest BCUT2D eigenvalue weighted by Crippen LogP contribution is -2.64. The van der Waals surface area contributed by atoms with Crippen LogP contribution in [0.15, 0.2) is 12.2 Å². The number of esters is 2. The molecule has 6 N–H and O–H groups in total. The van der Waals surface area contributed by atoms with Gasteiger partial charge in [0.1, 0.15) is 43.2 Å². The molecule has 0 aromatic rings. The Bertz CT molecular complexity index is 1170. The summed E-state index contributed by atoms with van der Waals surface area (Å²) < 4.78 is 33.6. The number of allylic oxidation sites excluding steroid dienone is 2. The van der Waals surface area contributed by atoms with Crippen LogP contribution in [0.25, 0.3) is 0 Å². The van der Waals surface area contributed by atoms with Crippen molar-refractivity contribution < 1.29 is 63.1 Å². The van der Waals surface area contributed by atoms with Crippen LogP contribution in [0, 0.1) is 0 Å². The van der Waals surface area contributed by atoms with Gasteiger partial charge in [-0.3, -0.25) is 18.6 Å². The molecule has 0 saturated heterocycles. The van der Waals surface area contributed by atoms with Gasteiger partial charge < -0.3 is 39.9 Å². The fourth-order valence-corrected chi connectivity index (χ4v) is 9.14. The molecule has 64 heavy (non-hydrogen) atoms. The number of aliphatic hydroxyl groups is 5. The Morgan fingerprint density at radius 2 is 0.797 bits per heavy atom. The Kier molecular flexibility index (Phi) is 38.5. The average molecular weight is 935 g/mol. The number of hydrogen-bond donors (Lipinski definition) is 6. The highest BCUT2D eigenvalue weighted by atomic mass is 31.2. The Labute approximate surface area is 388 Å². The predicted molar refractivity (Wildman–Crippen MR) is 254 cm³/mol. The van der Waals surface area contributed by atoms with Crippen molar-refractivity contribution in [3.05, 3.63) is 12.2 Å². The molecule has 14 heteroatoms. The van der Waals surface area contributed by atoms with Crippen LogP contribution >= 0.6 is 7.82 Å². The Morgan fingerprint density at radius 3 is 1.19 bits per heavy atom. The van der Waals surface area contributed by atoms with Gasteiger partial charge in [-0.2, -0.15) is 0 Å². The topological polar surface area (TPSA) is 210 Å². The molecule has 6 unspecified atom stereocenters. The van der Waals surface area contributed by atoms with E-state index in [-0.39, 0.29) is 12.8 Å². The highest BCUT2D eigenvalue weighted by Gasteiger charge is 2.51. The van der Waals surface area contributed by atoms with E-state index in [9.17, 15) is 44.6 Å². The number of carbonyl (C=O) groups excluding carboxylic acids is 2. The standard InChI is InChI=1S/C50H95O13P/c1-3-5-7-9-11-13-15-17-19-20-21-22-23-24-25-27-28-30-32-34-36-38-43(51)60-40-42(41-61-64(58,59)63-50-48(56)46(54)45(53)47(55)49(50)57)62-44(52)39-37-35-33-31-29-26-18-16-14-12-10-8-6-4-2/h16,18,42,45-50,53-57H,3-15,17,19-41H2,1-2H3,(H,58,59)/b18-16-. The monoisotopic (exact) mass is 935 g/mol. The van der Waals surface area contributed by atoms with Crippen molar-refractivity contribution in [1.82, 2.24) is 0 Å². The predicted octanol–water partition coefficient (Wildman–Crippen LogP) is 11.0. The number of phosphoric ester groups is 1. The van der Waals surface area contributed by atoms with E-state index in [0.29, 0.717) is 12.8 Å². The third-order valence-corrected chi connectivity index (χ3v) is 13.3. The van der Waals surface area contributed by atoms with Crippen LogP contribution in [0.2, 0.25) is 0 Å². The number of aliphatic hydroxyl groups excluding tert-OH is 5. The van der Waals surface area contributed by atoms with Crippen LogP contribution in [0.1, 0.15) is 239 Å². The number of ether oxygens (including phenoxy) is 2. The quantitative estimate of drug-likeness (QED) is 0.0146. The number of hydrogen-bond acceptors (Lipinski definition) is 12. The van der Waals surface area contributed by atoms with Crippen LogP contribution in [0.5, 0.6) is 0 Å². The van der Waals surface area contributed by atoms with Crippen LogP contribution in [0.4, 0.5) is 0 Å². The molecule has 1 fully saturated rings. The van der Waals surface area contributed by atoms with Gasteiger partial charge in [-0.05, 0) is 38.5 Å². The minimum atomic E-state index is -5.12. The summed E-state index contributed by atoms with van der Waals surface area (Å²) in [5.74, 6) is -1.10. The van der Waals surface area contributed by atoms with Gasteiger partial charge in [0, 0.05) is 12.8 Å². The fourth-order valence-electron chi connectivity index (χ4n) is 8.17. The number of carbonyl (C=O) groups is 2. The van der Waals surface area contributed by atoms with E-state index in [1.165, 1.54) is 141 Å². The summed E-state index contributed by atoms with van der Waals surface area (Å²) >= 11 is 0. The van der Waals surface area contributed by atoms with Crippen LogP contribution in [-0.4, -0.2) is 98.3 Å². The van der Waals surface area contributed by atoms with Crippen molar-refractivity contribution in [2.24, 2.45) is 0 Å². The first-order chi connectivity index (χ1) is 30.9. The Hall–Kier alpha value is -1.41. The maximum atomic E-state index is 12.8. The van der Waals surface area contributed by atoms with E-state index in [1.807, 2.05) is 0 Å². The Balaban J connectivity index is 2.36. The molecule has 378 valence electrons. The van der Waals surface area contributed by atoms with Gasteiger partial charge >= 0.3 is 19.8 Å². The largest absolute Gasteiger partial charge is 0.472 e. The second-order valence-electron chi connectivity index (χ2n) is 18.4. The molecule has 1 aliphatic carbocycles. The normalized spacial score (nSPS) is 21.6. The summed E-state index contributed by atoms with van der Waals surface area (Å²) in [6.07, 6.45) is 31.2. The molecule has 1 aliphatic rings. The lowest BCUT2D eigenvalue weighted by Gasteiger charge is -2.41. The third kappa shape index (κ3) is 32.3. The smallest absolute Gasteiger partial charge is 0.462 e. The van der Waals surface area contributed by atoms with Gasteiger partial charge in [0.25, 0.3) is 0 Å². The van der Waals surface area contributed by atoms with E-state index in [4.69, 9.17) is 18.5 Å². The highest BCUT2D eigenvalue weighted by Crippen LogP contribution is 2.47. The molecular formula is C50H95O13P. The van der Waals surface area contributed by atoms with Crippen molar-refractivity contribution in [1.29, 1.82) is 0 Å². The number of rotatable bonds is 44. The van der Waals surface area contributed by atoms with Crippen LogP contribution < -0.4 is 0 Å².